The van der Waals surface area contributed by atoms with Crippen LogP contribution in [0.15, 0.2) is 27.7 Å². The van der Waals surface area contributed by atoms with Crippen LogP contribution in [0.4, 0.5) is 0 Å². The van der Waals surface area contributed by atoms with Crippen LogP contribution in [0.25, 0.3) is 11.2 Å². The molecule has 6 nitrogen and oxygen atoms in total. The van der Waals surface area contributed by atoms with Crippen LogP contribution in [0.3, 0.4) is 0 Å². The van der Waals surface area contributed by atoms with Crippen LogP contribution in [-0.2, 0) is 13.0 Å². The van der Waals surface area contributed by atoms with Crippen LogP contribution in [-0.4, -0.2) is 30.6 Å². The van der Waals surface area contributed by atoms with E-state index in [2.05, 4.69) is 36.0 Å². The minimum Gasteiger partial charge on any atom is -0.343 e. The minimum atomic E-state index is 0.466. The van der Waals surface area contributed by atoms with E-state index in [1.807, 2.05) is 10.6 Å². The molecule has 0 spiro atoms. The van der Waals surface area contributed by atoms with Gasteiger partial charge in [-0.25, -0.2) is 9.97 Å². The molecule has 0 atom stereocenters. The van der Waals surface area contributed by atoms with E-state index in [1.54, 1.807) is 6.20 Å². The van der Waals surface area contributed by atoms with Crippen molar-refractivity contribution in [1.29, 1.82) is 0 Å². The molecule has 19 heavy (non-hydrogen) atoms. The Morgan fingerprint density at radius 1 is 1.37 bits per heavy atom. The second-order valence-electron chi connectivity index (χ2n) is 3.90. The van der Waals surface area contributed by atoms with Crippen molar-refractivity contribution >= 4 is 38.7 Å². The Labute approximate surface area is 121 Å². The third kappa shape index (κ3) is 2.48. The molecule has 8 heteroatoms. The van der Waals surface area contributed by atoms with Crippen molar-refractivity contribution in [1.82, 2.24) is 24.7 Å². The van der Waals surface area contributed by atoms with E-state index >= 15 is 0 Å². The number of halogens is 2. The van der Waals surface area contributed by atoms with Gasteiger partial charge in [0.1, 0.15) is 11.3 Å². The van der Waals surface area contributed by atoms with E-state index < -0.39 is 0 Å². The lowest BCUT2D eigenvalue weighted by Gasteiger charge is -2.04. The van der Waals surface area contributed by atoms with Crippen molar-refractivity contribution in [2.45, 2.75) is 13.0 Å². The molecule has 3 heterocycles. The summed E-state index contributed by atoms with van der Waals surface area (Å²) in [4.78, 5) is 13.0. The van der Waals surface area contributed by atoms with Crippen molar-refractivity contribution in [3.8, 4) is 0 Å². The summed E-state index contributed by atoms with van der Waals surface area (Å²) in [6.07, 6.45) is 3.70. The molecule has 0 unspecified atom stereocenters. The topological polar surface area (TPSA) is 69.6 Å². The van der Waals surface area contributed by atoms with Gasteiger partial charge >= 0.3 is 0 Å². The first-order valence-corrected chi connectivity index (χ1v) is 6.92. The molecule has 0 aromatic carbocycles. The summed E-state index contributed by atoms with van der Waals surface area (Å²) in [6, 6.07) is 1.92. The van der Waals surface area contributed by atoms with Gasteiger partial charge in [-0.1, -0.05) is 5.16 Å². The molecule has 0 N–H and O–H groups in total. The van der Waals surface area contributed by atoms with Gasteiger partial charge in [-0.3, -0.25) is 0 Å². The molecule has 3 rings (SSSR count). The molecular weight excluding hydrogens is 334 g/mol. The Kier molecular flexibility index (Phi) is 3.48. The summed E-state index contributed by atoms with van der Waals surface area (Å²) in [7, 11) is 0. The summed E-state index contributed by atoms with van der Waals surface area (Å²) in [5.41, 5.74) is 1.60. The Morgan fingerprint density at radius 3 is 3.00 bits per heavy atom. The molecule has 0 amide bonds. The Hall–Kier alpha value is -1.47. The summed E-state index contributed by atoms with van der Waals surface area (Å²) in [5.74, 6) is 1.94. The summed E-state index contributed by atoms with van der Waals surface area (Å²) >= 11 is 9.20. The average molecular weight is 343 g/mol. The molecule has 0 bridgehead atoms. The van der Waals surface area contributed by atoms with Crippen molar-refractivity contribution < 1.29 is 4.52 Å². The highest BCUT2D eigenvalue weighted by molar-refractivity contribution is 9.10. The highest BCUT2D eigenvalue weighted by Crippen LogP contribution is 2.19. The number of aryl methyl sites for hydroxylation is 1. The largest absolute Gasteiger partial charge is 0.343 e. The molecular formula is C11H9BrClN5O. The number of fused-ring (bicyclic) bond motifs is 1. The molecule has 0 aliphatic heterocycles. The number of hydrogen-bond donors (Lipinski definition) is 0. The third-order valence-electron chi connectivity index (χ3n) is 2.66. The number of aromatic nitrogens is 5. The van der Waals surface area contributed by atoms with Crippen molar-refractivity contribution in [3.63, 3.8) is 0 Å². The molecule has 3 aromatic rings. The van der Waals surface area contributed by atoms with Crippen LogP contribution in [0.2, 0.25) is 0 Å². The Morgan fingerprint density at radius 2 is 2.26 bits per heavy atom. The van der Waals surface area contributed by atoms with Gasteiger partial charge < -0.3 is 9.09 Å². The quantitative estimate of drug-likeness (QED) is 0.681. The normalized spacial score (nSPS) is 11.3. The lowest BCUT2D eigenvalue weighted by molar-refractivity contribution is 0.408. The number of pyridine rings is 1. The fourth-order valence-corrected chi connectivity index (χ4v) is 2.37. The maximum atomic E-state index is 5.82. The first-order valence-electron chi connectivity index (χ1n) is 5.60. The lowest BCUT2D eigenvalue weighted by atomic mass is 10.4. The van der Waals surface area contributed by atoms with E-state index in [-0.39, 0.29) is 0 Å². The van der Waals surface area contributed by atoms with Gasteiger partial charge in [-0.15, -0.1) is 11.6 Å². The molecule has 0 aliphatic rings. The number of imidazole rings is 1. The van der Waals surface area contributed by atoms with E-state index in [4.69, 9.17) is 16.1 Å². The second kappa shape index (κ2) is 5.26. The average Bonchev–Trinajstić information content (AvgIpc) is 2.99. The maximum Gasteiger partial charge on any atom is 0.213 e. The van der Waals surface area contributed by atoms with Crippen molar-refractivity contribution in [2.75, 3.05) is 5.88 Å². The van der Waals surface area contributed by atoms with E-state index in [1.165, 1.54) is 6.39 Å². The zero-order chi connectivity index (χ0) is 13.2. The molecule has 3 aromatic heterocycles. The van der Waals surface area contributed by atoms with E-state index in [0.717, 1.165) is 21.5 Å². The fourth-order valence-electron chi connectivity index (χ4n) is 1.88. The maximum absolute atomic E-state index is 5.82. The first-order chi connectivity index (χ1) is 9.28. The summed E-state index contributed by atoms with van der Waals surface area (Å²) < 4.78 is 7.59. The van der Waals surface area contributed by atoms with Crippen LogP contribution >= 0.6 is 27.5 Å². The highest BCUT2D eigenvalue weighted by atomic mass is 79.9. The standard InChI is InChI=1S/C11H9BrClN5O/c12-7-3-8-11(14-4-7)18(10(16-8)1-2-13)5-9-15-6-19-17-9/h3-4,6H,1-2,5H2. The smallest absolute Gasteiger partial charge is 0.213 e. The van der Waals surface area contributed by atoms with Crippen LogP contribution in [0.1, 0.15) is 11.6 Å². The van der Waals surface area contributed by atoms with Crippen LogP contribution in [0.5, 0.6) is 0 Å². The summed E-state index contributed by atoms with van der Waals surface area (Å²) in [6.45, 7) is 0.466. The van der Waals surface area contributed by atoms with Crippen LogP contribution in [0, 0.1) is 0 Å². The number of rotatable bonds is 4. The summed E-state index contributed by atoms with van der Waals surface area (Å²) in [5, 5.41) is 3.81. The SMILES string of the molecule is ClCCc1nc2cc(Br)cnc2n1Cc1ncon1. The molecule has 0 aliphatic carbocycles. The van der Waals surface area contributed by atoms with Gasteiger partial charge in [0.2, 0.25) is 6.39 Å². The van der Waals surface area contributed by atoms with Crippen molar-refractivity contribution in [3.05, 3.63) is 34.8 Å². The van der Waals surface area contributed by atoms with Crippen molar-refractivity contribution in [2.24, 2.45) is 0 Å². The van der Waals surface area contributed by atoms with Gasteiger partial charge in [0.25, 0.3) is 0 Å². The van der Waals surface area contributed by atoms with Gasteiger partial charge in [0, 0.05) is 23.0 Å². The predicted molar refractivity (Wildman–Crippen MR) is 73.1 cm³/mol. The number of alkyl halides is 1. The fraction of sp³-hybridized carbons (Fsp3) is 0.273. The monoisotopic (exact) mass is 341 g/mol. The zero-order valence-electron chi connectivity index (χ0n) is 9.75. The molecule has 0 fully saturated rings. The lowest BCUT2D eigenvalue weighted by Crippen LogP contribution is -2.07. The zero-order valence-corrected chi connectivity index (χ0v) is 12.1. The van der Waals surface area contributed by atoms with Gasteiger partial charge in [0.15, 0.2) is 11.5 Å². The first kappa shape index (κ1) is 12.6. The molecule has 0 saturated carbocycles. The van der Waals surface area contributed by atoms with Gasteiger partial charge in [-0.05, 0) is 22.0 Å². The molecule has 98 valence electrons. The van der Waals surface area contributed by atoms with Crippen LogP contribution < -0.4 is 0 Å². The highest BCUT2D eigenvalue weighted by Gasteiger charge is 2.13. The third-order valence-corrected chi connectivity index (χ3v) is 3.28. The number of hydrogen-bond acceptors (Lipinski definition) is 5. The number of nitrogens with zero attached hydrogens (tertiary/aromatic N) is 5. The predicted octanol–water partition coefficient (Wildman–Crippen LogP) is 2.41. The second-order valence-corrected chi connectivity index (χ2v) is 5.19. The minimum absolute atomic E-state index is 0.466. The van der Waals surface area contributed by atoms with E-state index in [0.29, 0.717) is 24.7 Å². The Balaban J connectivity index is 2.10. The molecule has 0 radical (unpaired) electrons. The van der Waals surface area contributed by atoms with E-state index in [9.17, 15) is 0 Å². The molecule has 0 saturated heterocycles. The van der Waals surface area contributed by atoms with Gasteiger partial charge in [-0.2, -0.15) is 4.98 Å². The van der Waals surface area contributed by atoms with Gasteiger partial charge in [0.05, 0.1) is 6.54 Å². The Bertz CT molecular complexity index is 696.